The number of amides is 1. The molecule has 6 nitrogen and oxygen atoms in total. The predicted octanol–water partition coefficient (Wildman–Crippen LogP) is 4.59. The topological polar surface area (TPSA) is 80.0 Å². The molecule has 30 heavy (non-hydrogen) atoms. The monoisotopic (exact) mass is 398 g/mol. The highest BCUT2D eigenvalue weighted by atomic mass is 16.3. The number of benzene rings is 2. The second kappa shape index (κ2) is 9.05. The fourth-order valence-corrected chi connectivity index (χ4v) is 3.04. The molecule has 6 heteroatoms. The van der Waals surface area contributed by atoms with Crippen molar-refractivity contribution >= 4 is 11.7 Å². The summed E-state index contributed by atoms with van der Waals surface area (Å²) < 4.78 is 5.36. The number of nitrogens with one attached hydrogen (secondary N) is 2. The van der Waals surface area contributed by atoms with Gasteiger partial charge in [-0.1, -0.05) is 54.6 Å². The molecular formula is C24H22N4O2. The Bertz CT molecular complexity index is 1130. The highest BCUT2D eigenvalue weighted by Crippen LogP contribution is 2.19. The minimum Gasteiger partial charge on any atom is -0.467 e. The largest absolute Gasteiger partial charge is 0.467 e. The smallest absolute Gasteiger partial charge is 0.270 e. The summed E-state index contributed by atoms with van der Waals surface area (Å²) in [6.07, 6.45) is 1.62. The molecule has 0 fully saturated rings. The number of hydrogen-bond acceptors (Lipinski definition) is 5. The van der Waals surface area contributed by atoms with Crippen LogP contribution >= 0.6 is 0 Å². The Hall–Kier alpha value is -3.93. The fraction of sp³-hybridized carbons (Fsp3) is 0.125. The molecule has 0 saturated carbocycles. The van der Waals surface area contributed by atoms with Crippen molar-refractivity contribution in [2.75, 3.05) is 5.32 Å². The van der Waals surface area contributed by atoms with Crippen molar-refractivity contribution in [1.29, 1.82) is 0 Å². The SMILES string of the molecule is Cc1ccccc1CNC(=O)c1cc(NCc2ccco2)nc(-c2ccccc2)n1. The molecule has 0 saturated heterocycles. The molecule has 0 bridgehead atoms. The van der Waals surface area contributed by atoms with Crippen LogP contribution in [0.15, 0.2) is 83.5 Å². The molecule has 0 aliphatic rings. The first kappa shape index (κ1) is 19.4. The number of furan rings is 1. The molecule has 2 aromatic heterocycles. The van der Waals surface area contributed by atoms with Crippen molar-refractivity contribution in [3.8, 4) is 11.4 Å². The van der Waals surface area contributed by atoms with Crippen molar-refractivity contribution in [2.24, 2.45) is 0 Å². The molecule has 0 aliphatic heterocycles. The van der Waals surface area contributed by atoms with E-state index in [1.807, 2.05) is 73.7 Å². The van der Waals surface area contributed by atoms with Crippen LogP contribution in [0.25, 0.3) is 11.4 Å². The highest BCUT2D eigenvalue weighted by Gasteiger charge is 2.13. The Morgan fingerprint density at radius 1 is 0.933 bits per heavy atom. The standard InChI is InChI=1S/C24H22N4O2/c1-17-8-5-6-11-19(17)15-26-24(29)21-14-22(25-16-20-12-7-13-30-20)28-23(27-21)18-9-3-2-4-10-18/h2-14H,15-16H2,1H3,(H,26,29)(H,25,27,28). The Morgan fingerprint density at radius 2 is 1.73 bits per heavy atom. The molecule has 150 valence electrons. The lowest BCUT2D eigenvalue weighted by atomic mass is 10.1. The fourth-order valence-electron chi connectivity index (χ4n) is 3.04. The Labute approximate surface area is 175 Å². The first-order chi connectivity index (χ1) is 14.7. The zero-order valence-corrected chi connectivity index (χ0v) is 16.6. The first-order valence-corrected chi connectivity index (χ1v) is 9.72. The number of anilines is 1. The van der Waals surface area contributed by atoms with E-state index < -0.39 is 0 Å². The van der Waals surface area contributed by atoms with Gasteiger partial charge >= 0.3 is 0 Å². The normalized spacial score (nSPS) is 10.6. The van der Waals surface area contributed by atoms with E-state index in [0.29, 0.717) is 30.4 Å². The lowest BCUT2D eigenvalue weighted by Crippen LogP contribution is -2.24. The van der Waals surface area contributed by atoms with E-state index in [1.165, 1.54) is 0 Å². The lowest BCUT2D eigenvalue weighted by molar-refractivity contribution is 0.0946. The summed E-state index contributed by atoms with van der Waals surface area (Å²) in [5.41, 5.74) is 3.34. The number of aryl methyl sites for hydroxylation is 1. The third-order valence-corrected chi connectivity index (χ3v) is 4.72. The average molecular weight is 398 g/mol. The zero-order valence-electron chi connectivity index (χ0n) is 16.6. The van der Waals surface area contributed by atoms with Crippen LogP contribution in [0.2, 0.25) is 0 Å². The van der Waals surface area contributed by atoms with Crippen LogP contribution in [0.5, 0.6) is 0 Å². The molecule has 0 radical (unpaired) electrons. The molecule has 0 atom stereocenters. The van der Waals surface area contributed by atoms with Crippen molar-refractivity contribution in [3.05, 3.63) is 102 Å². The maximum atomic E-state index is 12.9. The summed E-state index contributed by atoms with van der Waals surface area (Å²) in [7, 11) is 0. The Morgan fingerprint density at radius 3 is 2.50 bits per heavy atom. The van der Waals surface area contributed by atoms with Gasteiger partial charge < -0.3 is 15.1 Å². The molecule has 2 aromatic carbocycles. The first-order valence-electron chi connectivity index (χ1n) is 9.72. The zero-order chi connectivity index (χ0) is 20.8. The second-order valence-corrected chi connectivity index (χ2v) is 6.87. The van der Waals surface area contributed by atoms with E-state index >= 15 is 0 Å². The summed E-state index contributed by atoms with van der Waals surface area (Å²) in [6.45, 7) is 2.92. The van der Waals surface area contributed by atoms with Gasteiger partial charge in [0.05, 0.1) is 12.8 Å². The molecule has 0 unspecified atom stereocenters. The van der Waals surface area contributed by atoms with Crippen molar-refractivity contribution in [2.45, 2.75) is 20.0 Å². The summed E-state index contributed by atoms with van der Waals surface area (Å²) in [5, 5.41) is 6.17. The van der Waals surface area contributed by atoms with E-state index in [9.17, 15) is 4.79 Å². The van der Waals surface area contributed by atoms with Gasteiger partial charge in [0.15, 0.2) is 5.82 Å². The van der Waals surface area contributed by atoms with Crippen LogP contribution in [0.3, 0.4) is 0 Å². The van der Waals surface area contributed by atoms with Crippen molar-refractivity contribution in [1.82, 2.24) is 15.3 Å². The summed E-state index contributed by atoms with van der Waals surface area (Å²) >= 11 is 0. The minimum atomic E-state index is -0.251. The van der Waals surface area contributed by atoms with Crippen LogP contribution in [0.1, 0.15) is 27.4 Å². The number of aromatic nitrogens is 2. The van der Waals surface area contributed by atoms with Gasteiger partial charge in [-0.05, 0) is 30.2 Å². The molecule has 0 aliphatic carbocycles. The van der Waals surface area contributed by atoms with Crippen LogP contribution < -0.4 is 10.6 Å². The van der Waals surface area contributed by atoms with Crippen LogP contribution in [0, 0.1) is 6.92 Å². The van der Waals surface area contributed by atoms with Gasteiger partial charge in [-0.15, -0.1) is 0 Å². The van der Waals surface area contributed by atoms with Gasteiger partial charge in [0.1, 0.15) is 17.3 Å². The number of nitrogens with zero attached hydrogens (tertiary/aromatic N) is 2. The van der Waals surface area contributed by atoms with E-state index in [0.717, 1.165) is 22.5 Å². The number of carbonyl (C=O) groups excluding carboxylic acids is 1. The van der Waals surface area contributed by atoms with Crippen molar-refractivity contribution in [3.63, 3.8) is 0 Å². The molecule has 2 heterocycles. The average Bonchev–Trinajstić information content (AvgIpc) is 3.31. The maximum Gasteiger partial charge on any atom is 0.270 e. The Kier molecular flexibility index (Phi) is 5.85. The van der Waals surface area contributed by atoms with Gasteiger partial charge in [0, 0.05) is 18.2 Å². The second-order valence-electron chi connectivity index (χ2n) is 6.87. The minimum absolute atomic E-state index is 0.251. The maximum absolute atomic E-state index is 12.9. The van der Waals surface area contributed by atoms with Crippen LogP contribution in [-0.4, -0.2) is 15.9 Å². The molecule has 0 spiro atoms. The summed E-state index contributed by atoms with van der Waals surface area (Å²) in [4.78, 5) is 21.9. The highest BCUT2D eigenvalue weighted by molar-refractivity contribution is 5.93. The van der Waals surface area contributed by atoms with Gasteiger partial charge in [0.25, 0.3) is 5.91 Å². The van der Waals surface area contributed by atoms with Gasteiger partial charge in [-0.3, -0.25) is 4.79 Å². The molecule has 4 rings (SSSR count). The number of carbonyl (C=O) groups is 1. The van der Waals surface area contributed by atoms with E-state index in [1.54, 1.807) is 12.3 Å². The van der Waals surface area contributed by atoms with Gasteiger partial charge in [0.2, 0.25) is 0 Å². The van der Waals surface area contributed by atoms with E-state index in [2.05, 4.69) is 20.6 Å². The van der Waals surface area contributed by atoms with Crippen LogP contribution in [0.4, 0.5) is 5.82 Å². The van der Waals surface area contributed by atoms with E-state index in [4.69, 9.17) is 4.42 Å². The number of hydrogen-bond donors (Lipinski definition) is 2. The molecule has 2 N–H and O–H groups in total. The third-order valence-electron chi connectivity index (χ3n) is 4.72. The molecule has 4 aromatic rings. The molecule has 1 amide bonds. The molecular weight excluding hydrogens is 376 g/mol. The third kappa shape index (κ3) is 4.72. The van der Waals surface area contributed by atoms with Gasteiger partial charge in [-0.2, -0.15) is 0 Å². The predicted molar refractivity (Wildman–Crippen MR) is 116 cm³/mol. The van der Waals surface area contributed by atoms with Gasteiger partial charge in [-0.25, -0.2) is 9.97 Å². The number of rotatable bonds is 7. The van der Waals surface area contributed by atoms with Crippen LogP contribution in [-0.2, 0) is 13.1 Å². The summed E-state index contributed by atoms with van der Waals surface area (Å²) in [6, 6.07) is 22.9. The van der Waals surface area contributed by atoms with E-state index in [-0.39, 0.29) is 5.91 Å². The summed E-state index contributed by atoms with van der Waals surface area (Å²) in [5.74, 6) is 1.57. The van der Waals surface area contributed by atoms with Crippen molar-refractivity contribution < 1.29 is 9.21 Å². The quantitative estimate of drug-likeness (QED) is 0.476. The lowest BCUT2D eigenvalue weighted by Gasteiger charge is -2.11. The Balaban J connectivity index is 1.57.